The molecule has 1 aromatic rings. The largest absolute Gasteiger partial charge is 0.487 e. The Morgan fingerprint density at radius 1 is 1.12 bits per heavy atom. The highest BCUT2D eigenvalue weighted by Crippen LogP contribution is 2.28. The molecule has 17 heavy (non-hydrogen) atoms. The van der Waals surface area contributed by atoms with Crippen LogP contribution in [0.4, 0.5) is 8.78 Å². The maximum atomic E-state index is 12.0. The van der Waals surface area contributed by atoms with Gasteiger partial charge in [-0.3, -0.25) is 0 Å². The first-order valence-electron chi connectivity index (χ1n) is 4.94. The van der Waals surface area contributed by atoms with Crippen LogP contribution in [0.1, 0.15) is 10.4 Å². The predicted octanol–water partition coefficient (Wildman–Crippen LogP) is 2.08. The second kappa shape index (κ2) is 6.67. The monoisotopic (exact) mass is 246 g/mol. The normalized spacial score (nSPS) is 10.0. The molecule has 0 saturated carbocycles. The van der Waals surface area contributed by atoms with E-state index in [1.54, 1.807) is 0 Å². The van der Waals surface area contributed by atoms with Gasteiger partial charge in [-0.05, 0) is 18.2 Å². The topological polar surface area (TPSA) is 55.8 Å². The molecule has 0 aromatic heterocycles. The zero-order chi connectivity index (χ0) is 12.7. The first kappa shape index (κ1) is 13.2. The summed E-state index contributed by atoms with van der Waals surface area (Å²) in [6.07, 6.45) is 0. The average Bonchev–Trinajstić information content (AvgIpc) is 2.34. The van der Waals surface area contributed by atoms with Gasteiger partial charge < -0.3 is 14.6 Å². The molecular weight excluding hydrogens is 234 g/mol. The van der Waals surface area contributed by atoms with Crippen LogP contribution in [0.15, 0.2) is 18.2 Å². The van der Waals surface area contributed by atoms with E-state index in [0.717, 1.165) is 0 Å². The number of carboxylic acid groups (broad SMARTS) is 1. The second-order valence-electron chi connectivity index (χ2n) is 3.04. The van der Waals surface area contributed by atoms with Crippen LogP contribution in [0, 0.1) is 0 Å². The quantitative estimate of drug-likeness (QED) is 0.800. The van der Waals surface area contributed by atoms with Gasteiger partial charge in [0.25, 0.3) is 0 Å². The highest BCUT2D eigenvalue weighted by atomic mass is 19.1. The summed E-state index contributed by atoms with van der Waals surface area (Å²) in [5, 5.41) is 8.77. The number of aromatic carboxylic acids is 1. The minimum absolute atomic E-state index is 0.00791. The van der Waals surface area contributed by atoms with Gasteiger partial charge in [0, 0.05) is 0 Å². The fourth-order valence-corrected chi connectivity index (χ4v) is 1.17. The van der Waals surface area contributed by atoms with Gasteiger partial charge >= 0.3 is 5.97 Å². The smallest absolute Gasteiger partial charge is 0.335 e. The van der Waals surface area contributed by atoms with Crippen molar-refractivity contribution in [1.82, 2.24) is 0 Å². The maximum absolute atomic E-state index is 12.0. The summed E-state index contributed by atoms with van der Waals surface area (Å²) in [4.78, 5) is 10.7. The van der Waals surface area contributed by atoms with Crippen LogP contribution < -0.4 is 9.47 Å². The van der Waals surface area contributed by atoms with Gasteiger partial charge in [-0.2, -0.15) is 0 Å². The Bertz CT molecular complexity index is 382. The van der Waals surface area contributed by atoms with E-state index in [2.05, 4.69) is 0 Å². The molecule has 0 bridgehead atoms. The fraction of sp³-hybridized carbons (Fsp3) is 0.364. The third-order valence-electron chi connectivity index (χ3n) is 1.86. The van der Waals surface area contributed by atoms with Crippen molar-refractivity contribution >= 4 is 5.97 Å². The summed E-state index contributed by atoms with van der Waals surface area (Å²) in [6.45, 7) is -1.77. The number of alkyl halides is 2. The van der Waals surface area contributed by atoms with Gasteiger partial charge in [0.05, 0.1) is 5.56 Å². The van der Waals surface area contributed by atoms with Gasteiger partial charge in [0.1, 0.15) is 26.6 Å². The van der Waals surface area contributed by atoms with E-state index in [4.69, 9.17) is 14.6 Å². The van der Waals surface area contributed by atoms with Crippen molar-refractivity contribution in [1.29, 1.82) is 0 Å². The number of ether oxygens (including phenoxy) is 2. The molecule has 0 spiro atoms. The molecule has 0 unspecified atom stereocenters. The lowest BCUT2D eigenvalue weighted by Crippen LogP contribution is -2.06. The molecule has 1 aromatic carbocycles. The molecule has 94 valence electrons. The van der Waals surface area contributed by atoms with Crippen LogP contribution in [0.25, 0.3) is 0 Å². The van der Waals surface area contributed by atoms with E-state index in [-0.39, 0.29) is 30.3 Å². The number of hydrogen-bond acceptors (Lipinski definition) is 3. The summed E-state index contributed by atoms with van der Waals surface area (Å²) in [5.41, 5.74) is -0.00791. The van der Waals surface area contributed by atoms with Crippen LogP contribution in [0.5, 0.6) is 11.5 Å². The molecule has 1 rings (SSSR count). The zero-order valence-electron chi connectivity index (χ0n) is 8.99. The van der Waals surface area contributed by atoms with E-state index in [1.807, 2.05) is 0 Å². The number of carboxylic acids is 1. The first-order valence-corrected chi connectivity index (χ1v) is 4.94. The van der Waals surface area contributed by atoms with E-state index in [1.165, 1.54) is 18.2 Å². The van der Waals surface area contributed by atoms with Gasteiger partial charge in [-0.1, -0.05) is 0 Å². The minimum Gasteiger partial charge on any atom is -0.487 e. The molecule has 6 heteroatoms. The Balaban J connectivity index is 2.90. The van der Waals surface area contributed by atoms with E-state index >= 15 is 0 Å². The van der Waals surface area contributed by atoms with Crippen molar-refractivity contribution in [2.75, 3.05) is 26.6 Å². The summed E-state index contributed by atoms with van der Waals surface area (Å²) in [7, 11) is 0. The second-order valence-corrected chi connectivity index (χ2v) is 3.04. The van der Waals surface area contributed by atoms with Crippen molar-refractivity contribution in [3.8, 4) is 11.5 Å². The van der Waals surface area contributed by atoms with E-state index < -0.39 is 19.3 Å². The first-order chi connectivity index (χ1) is 8.19. The Kier molecular flexibility index (Phi) is 5.19. The molecule has 0 saturated heterocycles. The molecule has 0 atom stereocenters. The fourth-order valence-electron chi connectivity index (χ4n) is 1.17. The van der Waals surface area contributed by atoms with Crippen LogP contribution in [0.3, 0.4) is 0 Å². The standard InChI is InChI=1S/C11H12F2O4/c12-3-5-16-9-2-1-8(11(14)15)7-10(9)17-6-4-13/h1-2,7H,3-6H2,(H,14,15). The van der Waals surface area contributed by atoms with Crippen LogP contribution in [-0.2, 0) is 0 Å². The predicted molar refractivity (Wildman–Crippen MR) is 56.3 cm³/mol. The van der Waals surface area contributed by atoms with E-state index in [9.17, 15) is 13.6 Å². The van der Waals surface area contributed by atoms with Crippen LogP contribution >= 0.6 is 0 Å². The Morgan fingerprint density at radius 3 is 2.24 bits per heavy atom. The van der Waals surface area contributed by atoms with Gasteiger partial charge in [0.2, 0.25) is 0 Å². The Morgan fingerprint density at radius 2 is 1.71 bits per heavy atom. The highest BCUT2D eigenvalue weighted by molar-refractivity contribution is 5.88. The van der Waals surface area contributed by atoms with Crippen molar-refractivity contribution < 1.29 is 28.2 Å². The molecule has 0 aliphatic heterocycles. The van der Waals surface area contributed by atoms with Gasteiger partial charge in [0.15, 0.2) is 11.5 Å². The third-order valence-corrected chi connectivity index (χ3v) is 1.86. The van der Waals surface area contributed by atoms with E-state index in [0.29, 0.717) is 0 Å². The number of carbonyl (C=O) groups is 1. The summed E-state index contributed by atoms with van der Waals surface area (Å²) < 4.78 is 33.9. The van der Waals surface area contributed by atoms with Crippen molar-refractivity contribution in [3.05, 3.63) is 23.8 Å². The number of benzene rings is 1. The molecule has 0 radical (unpaired) electrons. The SMILES string of the molecule is O=C(O)c1ccc(OCCF)c(OCCF)c1. The Hall–Kier alpha value is -1.85. The summed E-state index contributed by atoms with van der Waals surface area (Å²) in [6, 6.07) is 3.87. The molecule has 0 amide bonds. The average molecular weight is 246 g/mol. The summed E-state index contributed by atoms with van der Waals surface area (Å²) >= 11 is 0. The number of halogens is 2. The molecule has 0 aliphatic carbocycles. The molecule has 0 aliphatic rings. The Labute approximate surface area is 96.8 Å². The lowest BCUT2D eigenvalue weighted by Gasteiger charge is -2.11. The van der Waals surface area contributed by atoms with Crippen molar-refractivity contribution in [2.24, 2.45) is 0 Å². The zero-order valence-corrected chi connectivity index (χ0v) is 8.99. The van der Waals surface area contributed by atoms with Crippen molar-refractivity contribution in [3.63, 3.8) is 0 Å². The number of rotatable bonds is 7. The van der Waals surface area contributed by atoms with Gasteiger partial charge in [-0.15, -0.1) is 0 Å². The molecule has 0 heterocycles. The molecule has 4 nitrogen and oxygen atoms in total. The molecular formula is C11H12F2O4. The third kappa shape index (κ3) is 3.90. The van der Waals surface area contributed by atoms with Crippen LogP contribution in [0.2, 0.25) is 0 Å². The molecule has 1 N–H and O–H groups in total. The van der Waals surface area contributed by atoms with Crippen molar-refractivity contribution in [2.45, 2.75) is 0 Å². The van der Waals surface area contributed by atoms with Crippen LogP contribution in [-0.4, -0.2) is 37.6 Å². The lowest BCUT2D eigenvalue weighted by molar-refractivity contribution is 0.0696. The maximum Gasteiger partial charge on any atom is 0.335 e. The summed E-state index contributed by atoms with van der Waals surface area (Å²) in [5.74, 6) is -0.843. The number of hydrogen-bond donors (Lipinski definition) is 1. The lowest BCUT2D eigenvalue weighted by atomic mass is 10.2. The minimum atomic E-state index is -1.13. The highest BCUT2D eigenvalue weighted by Gasteiger charge is 2.10. The van der Waals surface area contributed by atoms with Gasteiger partial charge in [-0.25, -0.2) is 13.6 Å². The molecule has 0 fully saturated rings.